The van der Waals surface area contributed by atoms with E-state index in [4.69, 9.17) is 4.42 Å². The Morgan fingerprint density at radius 1 is 0.929 bits per heavy atom. The summed E-state index contributed by atoms with van der Waals surface area (Å²) in [4.78, 5) is 0. The Morgan fingerprint density at radius 3 is 2.43 bits per heavy atom. The number of rotatable bonds is 2. The third kappa shape index (κ3) is 1.35. The normalized spacial score (nSPS) is 15.7. The third-order valence-corrected chi connectivity index (χ3v) is 2.66. The van der Waals surface area contributed by atoms with Crippen LogP contribution >= 0.6 is 0 Å². The fourth-order valence-corrected chi connectivity index (χ4v) is 1.70. The Kier molecular flexibility index (Phi) is 1.69. The van der Waals surface area contributed by atoms with Crippen molar-refractivity contribution in [3.8, 4) is 11.3 Å². The second kappa shape index (κ2) is 3.02. The predicted molar refractivity (Wildman–Crippen MR) is 56.1 cm³/mol. The molecule has 0 spiro atoms. The molecule has 0 unspecified atom stereocenters. The van der Waals surface area contributed by atoms with Crippen molar-refractivity contribution in [2.45, 2.75) is 18.8 Å². The van der Waals surface area contributed by atoms with Gasteiger partial charge in [0.1, 0.15) is 11.5 Å². The molecule has 0 bridgehead atoms. The molecule has 1 aliphatic carbocycles. The van der Waals surface area contributed by atoms with Crippen LogP contribution in [0.2, 0.25) is 0 Å². The molecular weight excluding hydrogens is 172 g/mol. The highest BCUT2D eigenvalue weighted by Gasteiger charge is 2.26. The second-order valence-corrected chi connectivity index (χ2v) is 3.84. The van der Waals surface area contributed by atoms with E-state index in [1.807, 2.05) is 18.2 Å². The minimum atomic E-state index is 0.701. The molecule has 0 saturated heterocycles. The molecule has 0 amide bonds. The summed E-state index contributed by atoms with van der Waals surface area (Å²) in [5, 5.41) is 0. The highest BCUT2D eigenvalue weighted by atomic mass is 16.3. The number of benzene rings is 1. The summed E-state index contributed by atoms with van der Waals surface area (Å²) >= 11 is 0. The monoisotopic (exact) mass is 184 g/mol. The van der Waals surface area contributed by atoms with Gasteiger partial charge in [-0.05, 0) is 25.0 Å². The van der Waals surface area contributed by atoms with Gasteiger partial charge in [0.05, 0.1) is 0 Å². The van der Waals surface area contributed by atoms with Crippen LogP contribution in [0.3, 0.4) is 0 Å². The highest BCUT2D eigenvalue weighted by Crippen LogP contribution is 2.41. The summed E-state index contributed by atoms with van der Waals surface area (Å²) in [6.07, 6.45) is 2.59. The maximum Gasteiger partial charge on any atom is 0.134 e. The fourth-order valence-electron chi connectivity index (χ4n) is 1.70. The van der Waals surface area contributed by atoms with Crippen LogP contribution in [0.15, 0.2) is 46.9 Å². The minimum absolute atomic E-state index is 0.701. The molecule has 0 aliphatic heterocycles. The van der Waals surface area contributed by atoms with Crippen molar-refractivity contribution in [3.05, 3.63) is 48.2 Å². The summed E-state index contributed by atoms with van der Waals surface area (Å²) in [5.74, 6) is 2.85. The van der Waals surface area contributed by atoms with E-state index >= 15 is 0 Å². The van der Waals surface area contributed by atoms with Crippen LogP contribution in [0.1, 0.15) is 24.5 Å². The van der Waals surface area contributed by atoms with Crippen LogP contribution in [0.25, 0.3) is 11.3 Å². The van der Waals surface area contributed by atoms with Gasteiger partial charge in [0.15, 0.2) is 0 Å². The van der Waals surface area contributed by atoms with E-state index in [2.05, 4.69) is 24.3 Å². The summed E-state index contributed by atoms with van der Waals surface area (Å²) in [5.41, 5.74) is 1.17. The van der Waals surface area contributed by atoms with Gasteiger partial charge in [-0.25, -0.2) is 0 Å². The molecule has 1 aliphatic rings. The molecule has 1 heterocycles. The van der Waals surface area contributed by atoms with Gasteiger partial charge in [0.25, 0.3) is 0 Å². The van der Waals surface area contributed by atoms with Gasteiger partial charge in [-0.15, -0.1) is 0 Å². The summed E-state index contributed by atoms with van der Waals surface area (Å²) in [6, 6.07) is 14.4. The largest absolute Gasteiger partial charge is 0.461 e. The Labute approximate surface area is 83.4 Å². The lowest BCUT2D eigenvalue weighted by molar-refractivity contribution is 0.525. The molecule has 0 N–H and O–H groups in total. The minimum Gasteiger partial charge on any atom is -0.461 e. The van der Waals surface area contributed by atoms with Crippen molar-refractivity contribution in [2.75, 3.05) is 0 Å². The van der Waals surface area contributed by atoms with Gasteiger partial charge in [0.2, 0.25) is 0 Å². The van der Waals surface area contributed by atoms with E-state index < -0.39 is 0 Å². The lowest BCUT2D eigenvalue weighted by atomic mass is 10.2. The Morgan fingerprint density at radius 2 is 1.71 bits per heavy atom. The molecule has 0 atom stereocenters. The number of furan rings is 1. The summed E-state index contributed by atoms with van der Waals surface area (Å²) in [6.45, 7) is 0. The van der Waals surface area contributed by atoms with Gasteiger partial charge in [-0.3, -0.25) is 0 Å². The maximum absolute atomic E-state index is 5.79. The molecule has 1 aromatic carbocycles. The molecule has 1 fully saturated rings. The van der Waals surface area contributed by atoms with Crippen LogP contribution in [0, 0.1) is 0 Å². The smallest absolute Gasteiger partial charge is 0.134 e. The Hall–Kier alpha value is -1.50. The first-order chi connectivity index (χ1) is 6.93. The lowest BCUT2D eigenvalue weighted by Crippen LogP contribution is -1.72. The van der Waals surface area contributed by atoms with E-state index in [1.54, 1.807) is 0 Å². The standard InChI is InChI=1S/C13H12O/c1-2-4-10(5-3-1)12-8-9-13(14-12)11-6-7-11/h1-5,8-9,11H,6-7H2. The first kappa shape index (κ1) is 7.86. The van der Waals surface area contributed by atoms with Crippen molar-refractivity contribution in [3.63, 3.8) is 0 Å². The van der Waals surface area contributed by atoms with Crippen molar-refractivity contribution >= 4 is 0 Å². The SMILES string of the molecule is c1ccc(-c2ccc(C3CC3)o2)cc1. The van der Waals surface area contributed by atoms with Gasteiger partial charge in [0, 0.05) is 11.5 Å². The van der Waals surface area contributed by atoms with Crippen molar-refractivity contribution in [1.29, 1.82) is 0 Å². The summed E-state index contributed by atoms with van der Waals surface area (Å²) in [7, 11) is 0. The van der Waals surface area contributed by atoms with E-state index in [-0.39, 0.29) is 0 Å². The van der Waals surface area contributed by atoms with Crippen molar-refractivity contribution in [1.82, 2.24) is 0 Å². The van der Waals surface area contributed by atoms with Gasteiger partial charge < -0.3 is 4.42 Å². The molecule has 0 radical (unpaired) electrons. The van der Waals surface area contributed by atoms with Crippen molar-refractivity contribution in [2.24, 2.45) is 0 Å². The molecule has 1 saturated carbocycles. The van der Waals surface area contributed by atoms with E-state index in [0.717, 1.165) is 11.5 Å². The van der Waals surface area contributed by atoms with Crippen LogP contribution < -0.4 is 0 Å². The zero-order valence-electron chi connectivity index (χ0n) is 7.94. The Bertz CT molecular complexity index is 424. The molecule has 1 aromatic heterocycles. The zero-order valence-corrected chi connectivity index (χ0v) is 7.94. The van der Waals surface area contributed by atoms with E-state index in [0.29, 0.717) is 5.92 Å². The summed E-state index contributed by atoms with van der Waals surface area (Å²) < 4.78 is 5.79. The van der Waals surface area contributed by atoms with E-state index in [9.17, 15) is 0 Å². The first-order valence-electron chi connectivity index (χ1n) is 5.08. The zero-order chi connectivity index (χ0) is 9.38. The first-order valence-corrected chi connectivity index (χ1v) is 5.08. The van der Waals surface area contributed by atoms with Crippen LogP contribution in [0.5, 0.6) is 0 Å². The average molecular weight is 184 g/mol. The second-order valence-electron chi connectivity index (χ2n) is 3.84. The molecule has 14 heavy (non-hydrogen) atoms. The molecule has 1 heteroatoms. The quantitative estimate of drug-likeness (QED) is 0.691. The molecule has 2 aromatic rings. The van der Waals surface area contributed by atoms with Gasteiger partial charge in [-0.2, -0.15) is 0 Å². The van der Waals surface area contributed by atoms with Gasteiger partial charge in [-0.1, -0.05) is 30.3 Å². The maximum atomic E-state index is 5.79. The number of hydrogen-bond donors (Lipinski definition) is 0. The predicted octanol–water partition coefficient (Wildman–Crippen LogP) is 3.82. The topological polar surface area (TPSA) is 13.1 Å². The Balaban J connectivity index is 1.96. The molecule has 70 valence electrons. The van der Waals surface area contributed by atoms with Crippen LogP contribution in [0.4, 0.5) is 0 Å². The molecule has 3 rings (SSSR count). The molecule has 1 nitrogen and oxygen atoms in total. The third-order valence-electron chi connectivity index (χ3n) is 2.66. The van der Waals surface area contributed by atoms with Gasteiger partial charge >= 0.3 is 0 Å². The average Bonchev–Trinajstić information content (AvgIpc) is 2.98. The van der Waals surface area contributed by atoms with Crippen LogP contribution in [-0.4, -0.2) is 0 Å². The molecular formula is C13H12O. The van der Waals surface area contributed by atoms with E-state index in [1.165, 1.54) is 18.4 Å². The lowest BCUT2D eigenvalue weighted by Gasteiger charge is -1.95. The van der Waals surface area contributed by atoms with Crippen LogP contribution in [-0.2, 0) is 0 Å². The highest BCUT2D eigenvalue weighted by molar-refractivity contribution is 5.57. The van der Waals surface area contributed by atoms with Crippen molar-refractivity contribution < 1.29 is 4.42 Å². The fraction of sp³-hybridized carbons (Fsp3) is 0.231. The number of hydrogen-bond acceptors (Lipinski definition) is 1.